The number of ether oxygens (including phenoxy) is 1. The summed E-state index contributed by atoms with van der Waals surface area (Å²) in [6.07, 6.45) is 8.26. The van der Waals surface area contributed by atoms with Gasteiger partial charge in [0.1, 0.15) is 5.75 Å². The molecule has 2 rings (SSSR count). The molecule has 96 valence electrons. The lowest BCUT2D eigenvalue weighted by Gasteiger charge is -2.21. The third-order valence-corrected chi connectivity index (χ3v) is 3.56. The first kappa shape index (κ1) is 13.0. The van der Waals surface area contributed by atoms with E-state index < -0.39 is 0 Å². The number of fused-ring (bicyclic) bond motifs is 1. The summed E-state index contributed by atoms with van der Waals surface area (Å²) >= 11 is 0. The topological polar surface area (TPSA) is 21.3 Å². The fourth-order valence-corrected chi connectivity index (χ4v) is 2.39. The van der Waals surface area contributed by atoms with E-state index in [0.717, 1.165) is 31.6 Å². The second kappa shape index (κ2) is 5.93. The van der Waals surface area contributed by atoms with Crippen molar-refractivity contribution < 1.29 is 4.74 Å². The first-order chi connectivity index (χ1) is 8.74. The van der Waals surface area contributed by atoms with Crippen LogP contribution in [0.5, 0.6) is 5.75 Å². The molecule has 1 aromatic rings. The van der Waals surface area contributed by atoms with Crippen LogP contribution in [0.1, 0.15) is 43.9 Å². The smallest absolute Gasteiger partial charge is 0.122 e. The molecule has 1 aromatic carbocycles. The van der Waals surface area contributed by atoms with Gasteiger partial charge in [0.25, 0.3) is 0 Å². The van der Waals surface area contributed by atoms with E-state index in [2.05, 4.69) is 43.3 Å². The van der Waals surface area contributed by atoms with Crippen molar-refractivity contribution in [1.29, 1.82) is 0 Å². The zero-order chi connectivity index (χ0) is 13.0. The SMILES string of the molecule is C#CCC(CC)NC(C)c1ccc2c(c1)CCO2. The van der Waals surface area contributed by atoms with E-state index in [1.54, 1.807) is 0 Å². The maximum Gasteiger partial charge on any atom is 0.122 e. The Bertz CT molecular complexity index is 447. The van der Waals surface area contributed by atoms with Crippen molar-refractivity contribution in [2.75, 3.05) is 6.61 Å². The summed E-state index contributed by atoms with van der Waals surface area (Å²) in [5, 5.41) is 3.59. The van der Waals surface area contributed by atoms with Gasteiger partial charge in [0.15, 0.2) is 0 Å². The normalized spacial score (nSPS) is 16.5. The number of hydrogen-bond donors (Lipinski definition) is 1. The van der Waals surface area contributed by atoms with Crippen molar-refractivity contribution in [3.05, 3.63) is 29.3 Å². The molecular weight excluding hydrogens is 222 g/mol. The van der Waals surface area contributed by atoms with Crippen molar-refractivity contribution in [3.8, 4) is 18.1 Å². The lowest BCUT2D eigenvalue weighted by molar-refractivity contribution is 0.356. The van der Waals surface area contributed by atoms with Gasteiger partial charge >= 0.3 is 0 Å². The van der Waals surface area contributed by atoms with Gasteiger partial charge in [-0.1, -0.05) is 19.1 Å². The molecular formula is C16H21NO. The predicted octanol–water partition coefficient (Wildman–Crippen LogP) is 3.07. The van der Waals surface area contributed by atoms with Crippen LogP contribution in [-0.4, -0.2) is 12.6 Å². The standard InChI is InChI=1S/C16H21NO/c1-4-6-15(5-2)17-12(3)13-7-8-16-14(11-13)9-10-18-16/h1,7-8,11-12,15,17H,5-6,9-10H2,2-3H3. The number of terminal acetylenes is 1. The number of rotatable bonds is 5. The second-order valence-electron chi connectivity index (χ2n) is 4.87. The molecule has 1 aliphatic heterocycles. The summed E-state index contributed by atoms with van der Waals surface area (Å²) < 4.78 is 5.53. The monoisotopic (exact) mass is 243 g/mol. The average molecular weight is 243 g/mol. The molecule has 1 N–H and O–H groups in total. The molecule has 0 fully saturated rings. The maximum absolute atomic E-state index is 5.53. The van der Waals surface area contributed by atoms with E-state index in [4.69, 9.17) is 11.2 Å². The van der Waals surface area contributed by atoms with Gasteiger partial charge in [-0.25, -0.2) is 0 Å². The first-order valence-corrected chi connectivity index (χ1v) is 6.69. The zero-order valence-corrected chi connectivity index (χ0v) is 11.2. The number of nitrogens with one attached hydrogen (secondary N) is 1. The van der Waals surface area contributed by atoms with E-state index in [9.17, 15) is 0 Å². The van der Waals surface area contributed by atoms with Gasteiger partial charge in [-0.2, -0.15) is 0 Å². The van der Waals surface area contributed by atoms with Crippen LogP contribution in [0.4, 0.5) is 0 Å². The van der Waals surface area contributed by atoms with Crippen LogP contribution in [0.3, 0.4) is 0 Å². The highest BCUT2D eigenvalue weighted by Gasteiger charge is 2.16. The maximum atomic E-state index is 5.53. The molecule has 0 spiro atoms. The molecule has 0 amide bonds. The van der Waals surface area contributed by atoms with Crippen molar-refractivity contribution in [3.63, 3.8) is 0 Å². The van der Waals surface area contributed by atoms with Crippen LogP contribution in [0.15, 0.2) is 18.2 Å². The third-order valence-electron chi connectivity index (χ3n) is 3.56. The zero-order valence-electron chi connectivity index (χ0n) is 11.2. The van der Waals surface area contributed by atoms with Crippen molar-refractivity contribution >= 4 is 0 Å². The minimum atomic E-state index is 0.328. The van der Waals surface area contributed by atoms with Crippen molar-refractivity contribution in [1.82, 2.24) is 5.32 Å². The molecule has 0 radical (unpaired) electrons. The van der Waals surface area contributed by atoms with Crippen LogP contribution in [0.25, 0.3) is 0 Å². The Morgan fingerprint density at radius 1 is 1.50 bits per heavy atom. The minimum absolute atomic E-state index is 0.328. The summed E-state index contributed by atoms with van der Waals surface area (Å²) in [6.45, 7) is 5.17. The number of benzene rings is 1. The van der Waals surface area contributed by atoms with E-state index in [1.807, 2.05) is 0 Å². The molecule has 1 heterocycles. The Balaban J connectivity index is 2.04. The first-order valence-electron chi connectivity index (χ1n) is 6.69. The Morgan fingerprint density at radius 3 is 3.06 bits per heavy atom. The van der Waals surface area contributed by atoms with Crippen LogP contribution in [-0.2, 0) is 6.42 Å². The summed E-state index contributed by atoms with van der Waals surface area (Å²) in [6, 6.07) is 7.20. The molecule has 2 atom stereocenters. The summed E-state index contributed by atoms with van der Waals surface area (Å²) in [5.41, 5.74) is 2.64. The predicted molar refractivity (Wildman–Crippen MR) is 74.7 cm³/mol. The average Bonchev–Trinajstić information content (AvgIpc) is 2.85. The molecule has 1 aliphatic rings. The van der Waals surface area contributed by atoms with E-state index in [-0.39, 0.29) is 0 Å². The largest absolute Gasteiger partial charge is 0.493 e. The molecule has 0 aliphatic carbocycles. The van der Waals surface area contributed by atoms with Crippen LogP contribution < -0.4 is 10.1 Å². The third kappa shape index (κ3) is 2.86. The quantitative estimate of drug-likeness (QED) is 0.802. The highest BCUT2D eigenvalue weighted by atomic mass is 16.5. The van der Waals surface area contributed by atoms with E-state index in [0.29, 0.717) is 12.1 Å². The molecule has 0 bridgehead atoms. The van der Waals surface area contributed by atoms with Gasteiger partial charge in [-0.3, -0.25) is 0 Å². The van der Waals surface area contributed by atoms with Gasteiger partial charge in [-0.05, 0) is 30.5 Å². The Kier molecular flexibility index (Phi) is 4.28. The minimum Gasteiger partial charge on any atom is -0.493 e. The lowest BCUT2D eigenvalue weighted by Crippen LogP contribution is -2.30. The lowest BCUT2D eigenvalue weighted by atomic mass is 10.0. The molecule has 2 unspecified atom stereocenters. The molecule has 2 heteroatoms. The Hall–Kier alpha value is -1.46. The van der Waals surface area contributed by atoms with Gasteiger partial charge < -0.3 is 10.1 Å². The Labute approximate surface area is 110 Å². The number of hydrogen-bond acceptors (Lipinski definition) is 2. The summed E-state index contributed by atoms with van der Waals surface area (Å²) in [4.78, 5) is 0. The van der Waals surface area contributed by atoms with E-state index >= 15 is 0 Å². The fraction of sp³-hybridized carbons (Fsp3) is 0.500. The van der Waals surface area contributed by atoms with Gasteiger partial charge in [0, 0.05) is 24.9 Å². The fourth-order valence-electron chi connectivity index (χ4n) is 2.39. The summed E-state index contributed by atoms with van der Waals surface area (Å²) in [7, 11) is 0. The molecule has 2 nitrogen and oxygen atoms in total. The van der Waals surface area contributed by atoms with Crippen molar-refractivity contribution in [2.45, 2.75) is 45.2 Å². The van der Waals surface area contributed by atoms with E-state index in [1.165, 1.54) is 11.1 Å². The van der Waals surface area contributed by atoms with Crippen molar-refractivity contribution in [2.24, 2.45) is 0 Å². The van der Waals surface area contributed by atoms with Gasteiger partial charge in [0.05, 0.1) is 6.61 Å². The highest BCUT2D eigenvalue weighted by molar-refractivity contribution is 5.40. The van der Waals surface area contributed by atoms with Gasteiger partial charge in [-0.15, -0.1) is 12.3 Å². The summed E-state index contributed by atoms with van der Waals surface area (Å²) in [5.74, 6) is 3.78. The Morgan fingerprint density at radius 2 is 2.33 bits per heavy atom. The second-order valence-corrected chi connectivity index (χ2v) is 4.87. The van der Waals surface area contributed by atoms with Crippen LogP contribution in [0, 0.1) is 12.3 Å². The van der Waals surface area contributed by atoms with Crippen LogP contribution >= 0.6 is 0 Å². The molecule has 0 saturated heterocycles. The van der Waals surface area contributed by atoms with Gasteiger partial charge in [0.2, 0.25) is 0 Å². The van der Waals surface area contributed by atoms with Crippen LogP contribution in [0.2, 0.25) is 0 Å². The molecule has 0 saturated carbocycles. The molecule has 0 aromatic heterocycles. The highest BCUT2D eigenvalue weighted by Crippen LogP contribution is 2.28. The molecule has 18 heavy (non-hydrogen) atoms.